The number of aromatic nitrogens is 1. The molecule has 1 atom stereocenters. The average molecular weight is 385 g/mol. The van der Waals surface area contributed by atoms with Crippen LogP contribution in [0.1, 0.15) is 28.9 Å². The molecular weight excluding hydrogens is 360 g/mol. The van der Waals surface area contributed by atoms with E-state index in [1.54, 1.807) is 10.9 Å². The lowest BCUT2D eigenvalue weighted by Gasteiger charge is -2.42. The minimum Gasteiger partial charge on any atom is -0.337 e. The molecule has 2 fully saturated rings. The number of carbonyl (C=O) groups excluding carboxylic acids is 2. The number of carbonyl (C=O) groups is 2. The summed E-state index contributed by atoms with van der Waals surface area (Å²) in [5.41, 5.74) is 3.38. The zero-order chi connectivity index (χ0) is 18.6. The van der Waals surface area contributed by atoms with Gasteiger partial charge in [0, 0.05) is 44.6 Å². The number of rotatable bonds is 4. The Morgan fingerprint density at radius 1 is 1.11 bits per heavy atom. The second-order valence-electron chi connectivity index (χ2n) is 7.11. The summed E-state index contributed by atoms with van der Waals surface area (Å²) in [5.74, 6) is 0.223. The topological polar surface area (TPSA) is 56.8 Å². The van der Waals surface area contributed by atoms with Crippen LogP contribution in [0.25, 0.3) is 0 Å². The summed E-state index contributed by atoms with van der Waals surface area (Å²) < 4.78 is 0. The van der Waals surface area contributed by atoms with Crippen LogP contribution in [0, 0.1) is 0 Å². The molecule has 2 amide bonds. The molecule has 142 valence electrons. The molecule has 0 saturated carbocycles. The fourth-order valence-corrected chi connectivity index (χ4v) is 4.46. The van der Waals surface area contributed by atoms with E-state index in [-0.39, 0.29) is 17.9 Å². The van der Waals surface area contributed by atoms with Gasteiger partial charge in [0.2, 0.25) is 5.91 Å². The van der Waals surface area contributed by atoms with Gasteiger partial charge in [-0.15, -0.1) is 11.3 Å². The zero-order valence-corrected chi connectivity index (χ0v) is 16.1. The first-order valence-electron chi connectivity index (χ1n) is 9.46. The fourth-order valence-electron chi connectivity index (χ4n) is 3.94. The number of hydrogen-bond acceptors (Lipinski definition) is 5. The third-order valence-electron chi connectivity index (χ3n) is 5.41. The van der Waals surface area contributed by atoms with Crippen molar-refractivity contribution in [2.24, 2.45) is 0 Å². The first-order chi connectivity index (χ1) is 13.2. The Morgan fingerprint density at radius 3 is 2.59 bits per heavy atom. The number of likely N-dealkylation sites (tertiary alicyclic amines) is 1. The quantitative estimate of drug-likeness (QED) is 0.810. The van der Waals surface area contributed by atoms with Crippen molar-refractivity contribution in [3.63, 3.8) is 0 Å². The van der Waals surface area contributed by atoms with Crippen LogP contribution in [0.15, 0.2) is 41.2 Å². The molecule has 2 saturated heterocycles. The van der Waals surface area contributed by atoms with Crippen LogP contribution in [0.4, 0.5) is 0 Å². The van der Waals surface area contributed by atoms with Crippen molar-refractivity contribution in [3.8, 4) is 0 Å². The summed E-state index contributed by atoms with van der Waals surface area (Å²) in [4.78, 5) is 35.7. The van der Waals surface area contributed by atoms with Crippen molar-refractivity contribution >= 4 is 23.2 Å². The maximum absolute atomic E-state index is 13.0. The molecule has 0 bridgehead atoms. The summed E-state index contributed by atoms with van der Waals surface area (Å²) in [5, 5.41) is 1.79. The standard InChI is InChI=1S/C20H24N4O2S/c25-19(17-14-27-15-21-17)23-11-9-22(10-12-23)18-7-4-8-24(20(18)26)13-16-5-2-1-3-6-16/h1-3,5-6,14-15,18H,4,7-13H2/t18-/m0/s1. The van der Waals surface area contributed by atoms with Crippen LogP contribution in [-0.2, 0) is 11.3 Å². The molecule has 0 aliphatic carbocycles. The van der Waals surface area contributed by atoms with E-state index in [4.69, 9.17) is 0 Å². The molecule has 27 heavy (non-hydrogen) atoms. The number of piperidine rings is 1. The molecule has 6 nitrogen and oxygen atoms in total. The first kappa shape index (κ1) is 18.1. The van der Waals surface area contributed by atoms with Gasteiger partial charge in [0.1, 0.15) is 5.69 Å². The van der Waals surface area contributed by atoms with E-state index < -0.39 is 0 Å². The Kier molecular flexibility index (Phi) is 5.50. The van der Waals surface area contributed by atoms with Crippen LogP contribution >= 0.6 is 11.3 Å². The number of benzene rings is 1. The Balaban J connectivity index is 1.35. The largest absolute Gasteiger partial charge is 0.337 e. The van der Waals surface area contributed by atoms with E-state index in [1.165, 1.54) is 16.9 Å². The van der Waals surface area contributed by atoms with Crippen molar-refractivity contribution < 1.29 is 9.59 Å². The third kappa shape index (κ3) is 4.04. The van der Waals surface area contributed by atoms with Crippen molar-refractivity contribution in [2.45, 2.75) is 25.4 Å². The lowest BCUT2D eigenvalue weighted by atomic mass is 10.0. The van der Waals surface area contributed by atoms with Crippen LogP contribution in [0.2, 0.25) is 0 Å². The van der Waals surface area contributed by atoms with E-state index in [2.05, 4.69) is 22.0 Å². The molecule has 2 aromatic rings. The summed E-state index contributed by atoms with van der Waals surface area (Å²) in [6.07, 6.45) is 1.94. The van der Waals surface area contributed by atoms with E-state index in [0.29, 0.717) is 25.3 Å². The fraction of sp³-hybridized carbons (Fsp3) is 0.450. The lowest BCUT2D eigenvalue weighted by molar-refractivity contribution is -0.141. The van der Waals surface area contributed by atoms with E-state index in [9.17, 15) is 9.59 Å². The van der Waals surface area contributed by atoms with Crippen molar-refractivity contribution in [1.29, 1.82) is 0 Å². The molecule has 7 heteroatoms. The minimum absolute atomic E-state index is 0.00317. The number of nitrogens with zero attached hydrogens (tertiary/aromatic N) is 4. The maximum Gasteiger partial charge on any atom is 0.273 e. The first-order valence-corrected chi connectivity index (χ1v) is 10.4. The normalized spacial score (nSPS) is 21.5. The lowest BCUT2D eigenvalue weighted by Crippen LogP contribution is -2.58. The summed E-state index contributed by atoms with van der Waals surface area (Å²) >= 11 is 1.44. The summed E-state index contributed by atoms with van der Waals surface area (Å²) in [7, 11) is 0. The van der Waals surface area contributed by atoms with Crippen LogP contribution < -0.4 is 0 Å². The van der Waals surface area contributed by atoms with Gasteiger partial charge in [-0.05, 0) is 18.4 Å². The minimum atomic E-state index is -0.0565. The van der Waals surface area contributed by atoms with E-state index in [0.717, 1.165) is 32.5 Å². The summed E-state index contributed by atoms with van der Waals surface area (Å²) in [6.45, 7) is 4.29. The highest BCUT2D eigenvalue weighted by Gasteiger charge is 2.35. The van der Waals surface area contributed by atoms with Gasteiger partial charge in [0.15, 0.2) is 0 Å². The van der Waals surface area contributed by atoms with Gasteiger partial charge >= 0.3 is 0 Å². The molecule has 3 heterocycles. The van der Waals surface area contributed by atoms with Crippen molar-refractivity contribution in [2.75, 3.05) is 32.7 Å². The van der Waals surface area contributed by atoms with Crippen molar-refractivity contribution in [1.82, 2.24) is 19.7 Å². The van der Waals surface area contributed by atoms with Gasteiger partial charge in [0.25, 0.3) is 5.91 Å². The Hall–Kier alpha value is -2.25. The maximum atomic E-state index is 13.0. The van der Waals surface area contributed by atoms with E-state index >= 15 is 0 Å². The van der Waals surface area contributed by atoms with E-state index in [1.807, 2.05) is 28.0 Å². The van der Waals surface area contributed by atoms with Gasteiger partial charge in [-0.25, -0.2) is 4.98 Å². The number of piperazine rings is 1. The average Bonchev–Trinajstić information content (AvgIpc) is 3.25. The molecule has 2 aliphatic heterocycles. The van der Waals surface area contributed by atoms with Crippen LogP contribution in [0.3, 0.4) is 0 Å². The molecule has 1 aromatic heterocycles. The molecule has 1 aromatic carbocycles. The monoisotopic (exact) mass is 384 g/mol. The Morgan fingerprint density at radius 2 is 1.89 bits per heavy atom. The molecule has 4 rings (SSSR count). The van der Waals surface area contributed by atoms with Crippen LogP contribution in [0.5, 0.6) is 0 Å². The molecule has 2 aliphatic rings. The van der Waals surface area contributed by atoms with Crippen LogP contribution in [-0.4, -0.2) is 70.3 Å². The number of hydrogen-bond donors (Lipinski definition) is 0. The highest BCUT2D eigenvalue weighted by molar-refractivity contribution is 7.07. The van der Waals surface area contributed by atoms with Gasteiger partial charge < -0.3 is 9.80 Å². The molecule has 0 unspecified atom stereocenters. The molecular formula is C20H24N4O2S. The highest BCUT2D eigenvalue weighted by atomic mass is 32.1. The highest BCUT2D eigenvalue weighted by Crippen LogP contribution is 2.21. The molecule has 0 radical (unpaired) electrons. The molecule has 0 N–H and O–H groups in total. The van der Waals surface area contributed by atoms with Gasteiger partial charge in [-0.3, -0.25) is 14.5 Å². The van der Waals surface area contributed by atoms with Gasteiger partial charge in [0.05, 0.1) is 11.6 Å². The predicted molar refractivity (Wildman–Crippen MR) is 104 cm³/mol. The summed E-state index contributed by atoms with van der Waals surface area (Å²) in [6, 6.07) is 10.1. The second kappa shape index (κ2) is 8.19. The Bertz CT molecular complexity index is 773. The SMILES string of the molecule is O=C(c1cscn1)N1CCN([C@H]2CCCN(Cc3ccccc3)C2=O)CC1. The number of amides is 2. The smallest absolute Gasteiger partial charge is 0.273 e. The number of thiazole rings is 1. The van der Waals surface area contributed by atoms with Gasteiger partial charge in [-0.2, -0.15) is 0 Å². The zero-order valence-electron chi connectivity index (χ0n) is 15.3. The third-order valence-corrected chi connectivity index (χ3v) is 6.00. The Labute approximate surface area is 163 Å². The van der Waals surface area contributed by atoms with Crippen molar-refractivity contribution in [3.05, 3.63) is 52.5 Å². The second-order valence-corrected chi connectivity index (χ2v) is 7.82. The predicted octanol–water partition coefficient (Wildman–Crippen LogP) is 2.09. The molecule has 0 spiro atoms. The van der Waals surface area contributed by atoms with Gasteiger partial charge in [-0.1, -0.05) is 30.3 Å².